The molecule has 1 fully saturated rings. The van der Waals surface area contributed by atoms with E-state index < -0.39 is 0 Å². The van der Waals surface area contributed by atoms with E-state index >= 15 is 0 Å². The molecule has 1 aliphatic rings. The number of primary amides is 1. The number of carbonyl (C=O) groups excluding carboxylic acids is 1. The van der Waals surface area contributed by atoms with Gasteiger partial charge in [0.25, 0.3) is 0 Å². The van der Waals surface area contributed by atoms with Gasteiger partial charge in [-0.25, -0.2) is 0 Å². The largest absolute Gasteiger partial charge is 0.378 e. The summed E-state index contributed by atoms with van der Waals surface area (Å²) in [6.07, 6.45) is 3.94. The van der Waals surface area contributed by atoms with Crippen LogP contribution in [0.4, 0.5) is 0 Å². The smallest absolute Gasteiger partial charge is 0.217 e. The molecule has 0 unspecified atom stereocenters. The van der Waals surface area contributed by atoms with Crippen LogP contribution in [0.2, 0.25) is 0 Å². The Morgan fingerprint density at radius 3 is 2.77 bits per heavy atom. The minimum Gasteiger partial charge on any atom is -0.378 e. The van der Waals surface area contributed by atoms with Crippen molar-refractivity contribution >= 4 is 17.7 Å². The first kappa shape index (κ1) is 10.9. The molecule has 4 heteroatoms. The maximum absolute atomic E-state index is 10.4. The SMILES string of the molecule is NC(=O)CCCOC1CCSCC1. The molecule has 0 aromatic rings. The Kier molecular flexibility index (Phi) is 5.23. The van der Waals surface area contributed by atoms with Gasteiger partial charge in [-0.15, -0.1) is 0 Å². The zero-order chi connectivity index (χ0) is 9.52. The first-order chi connectivity index (χ1) is 6.29. The number of hydrogen-bond acceptors (Lipinski definition) is 3. The van der Waals surface area contributed by atoms with E-state index in [2.05, 4.69) is 0 Å². The number of amides is 1. The molecule has 2 N–H and O–H groups in total. The molecule has 1 amide bonds. The van der Waals surface area contributed by atoms with E-state index in [1.807, 2.05) is 11.8 Å². The van der Waals surface area contributed by atoms with Crippen LogP contribution in [-0.4, -0.2) is 30.1 Å². The van der Waals surface area contributed by atoms with Crippen molar-refractivity contribution in [2.24, 2.45) is 5.73 Å². The number of rotatable bonds is 5. The van der Waals surface area contributed by atoms with Gasteiger partial charge >= 0.3 is 0 Å². The van der Waals surface area contributed by atoms with Gasteiger partial charge in [0.1, 0.15) is 0 Å². The Hall–Kier alpha value is -0.220. The first-order valence-corrected chi connectivity index (χ1v) is 5.92. The van der Waals surface area contributed by atoms with Crippen LogP contribution < -0.4 is 5.73 Å². The Bertz CT molecular complexity index is 158. The maximum atomic E-state index is 10.4. The molecule has 1 aliphatic heterocycles. The van der Waals surface area contributed by atoms with Gasteiger partial charge in [-0.05, 0) is 30.8 Å². The summed E-state index contributed by atoms with van der Waals surface area (Å²) in [5, 5.41) is 0. The average molecular weight is 203 g/mol. The molecule has 0 atom stereocenters. The normalized spacial score (nSPS) is 18.8. The number of ether oxygens (including phenoxy) is 1. The van der Waals surface area contributed by atoms with Crippen LogP contribution in [0.25, 0.3) is 0 Å². The third-order valence-electron chi connectivity index (χ3n) is 2.09. The van der Waals surface area contributed by atoms with Crippen molar-refractivity contribution < 1.29 is 9.53 Å². The second-order valence-corrected chi connectivity index (χ2v) is 4.48. The molecule has 0 bridgehead atoms. The number of hydrogen-bond donors (Lipinski definition) is 1. The molecule has 0 aromatic heterocycles. The summed E-state index contributed by atoms with van der Waals surface area (Å²) in [5.41, 5.74) is 5.01. The number of nitrogens with two attached hydrogens (primary N) is 1. The van der Waals surface area contributed by atoms with Gasteiger partial charge in [0.15, 0.2) is 0 Å². The lowest BCUT2D eigenvalue weighted by Crippen LogP contribution is -2.20. The van der Waals surface area contributed by atoms with E-state index in [4.69, 9.17) is 10.5 Å². The molecular weight excluding hydrogens is 186 g/mol. The predicted molar refractivity (Wildman–Crippen MR) is 54.7 cm³/mol. The Balaban J connectivity index is 1.95. The lowest BCUT2D eigenvalue weighted by atomic mass is 10.2. The second-order valence-electron chi connectivity index (χ2n) is 3.25. The van der Waals surface area contributed by atoms with Crippen LogP contribution in [0.15, 0.2) is 0 Å². The van der Waals surface area contributed by atoms with Crippen LogP contribution in [0.5, 0.6) is 0 Å². The Morgan fingerprint density at radius 1 is 1.46 bits per heavy atom. The van der Waals surface area contributed by atoms with Crippen molar-refractivity contribution in [3.8, 4) is 0 Å². The van der Waals surface area contributed by atoms with E-state index in [9.17, 15) is 4.79 Å². The molecule has 1 heterocycles. The van der Waals surface area contributed by atoms with Gasteiger partial charge in [-0.2, -0.15) is 11.8 Å². The predicted octanol–water partition coefficient (Wildman–Crippen LogP) is 1.16. The Morgan fingerprint density at radius 2 is 2.15 bits per heavy atom. The average Bonchev–Trinajstić information content (AvgIpc) is 2.14. The highest BCUT2D eigenvalue weighted by Gasteiger charge is 2.13. The molecule has 0 saturated carbocycles. The molecule has 3 nitrogen and oxygen atoms in total. The fourth-order valence-electron chi connectivity index (χ4n) is 1.34. The minimum absolute atomic E-state index is 0.234. The van der Waals surface area contributed by atoms with Gasteiger partial charge in [-0.3, -0.25) is 4.79 Å². The highest BCUT2D eigenvalue weighted by atomic mass is 32.2. The summed E-state index contributed by atoms with van der Waals surface area (Å²) in [6, 6.07) is 0. The van der Waals surface area contributed by atoms with Crippen molar-refractivity contribution in [1.29, 1.82) is 0 Å². The Labute approximate surface area is 83.4 Å². The van der Waals surface area contributed by atoms with Gasteiger partial charge in [0, 0.05) is 13.0 Å². The molecule has 13 heavy (non-hydrogen) atoms. The number of carbonyl (C=O) groups is 1. The van der Waals surface area contributed by atoms with E-state index in [0.717, 1.165) is 19.3 Å². The molecule has 1 saturated heterocycles. The maximum Gasteiger partial charge on any atom is 0.217 e. The molecule has 1 rings (SSSR count). The third-order valence-corrected chi connectivity index (χ3v) is 3.14. The van der Waals surface area contributed by atoms with Crippen molar-refractivity contribution in [3.63, 3.8) is 0 Å². The topological polar surface area (TPSA) is 52.3 Å². The quantitative estimate of drug-likeness (QED) is 0.682. The zero-order valence-corrected chi connectivity index (χ0v) is 8.65. The lowest BCUT2D eigenvalue weighted by molar-refractivity contribution is -0.118. The van der Waals surface area contributed by atoms with E-state index in [1.54, 1.807) is 0 Å². The third kappa shape index (κ3) is 5.16. The van der Waals surface area contributed by atoms with Crippen molar-refractivity contribution in [2.75, 3.05) is 18.1 Å². The summed E-state index contributed by atoms with van der Waals surface area (Å²) >= 11 is 1.99. The molecule has 0 radical (unpaired) electrons. The van der Waals surface area contributed by atoms with Gasteiger partial charge < -0.3 is 10.5 Å². The summed E-state index contributed by atoms with van der Waals surface area (Å²) in [4.78, 5) is 10.4. The van der Waals surface area contributed by atoms with Crippen LogP contribution in [-0.2, 0) is 9.53 Å². The summed E-state index contributed by atoms with van der Waals surface area (Å²) in [5.74, 6) is 2.18. The van der Waals surface area contributed by atoms with Gasteiger partial charge in [0.05, 0.1) is 6.10 Å². The van der Waals surface area contributed by atoms with E-state index in [1.165, 1.54) is 11.5 Å². The van der Waals surface area contributed by atoms with Crippen LogP contribution in [0.3, 0.4) is 0 Å². The standard InChI is InChI=1S/C9H17NO2S/c10-9(11)2-1-5-12-8-3-6-13-7-4-8/h8H,1-7H2,(H2,10,11). The molecule has 0 spiro atoms. The summed E-state index contributed by atoms with van der Waals surface area (Å²) in [7, 11) is 0. The van der Waals surface area contributed by atoms with E-state index in [-0.39, 0.29) is 5.91 Å². The molecule has 0 aromatic carbocycles. The monoisotopic (exact) mass is 203 g/mol. The van der Waals surface area contributed by atoms with Gasteiger partial charge in [-0.1, -0.05) is 0 Å². The first-order valence-electron chi connectivity index (χ1n) is 4.76. The van der Waals surface area contributed by atoms with Crippen LogP contribution in [0.1, 0.15) is 25.7 Å². The lowest BCUT2D eigenvalue weighted by Gasteiger charge is -2.21. The van der Waals surface area contributed by atoms with Crippen LogP contribution >= 0.6 is 11.8 Å². The summed E-state index contributed by atoms with van der Waals surface area (Å²) < 4.78 is 5.61. The van der Waals surface area contributed by atoms with Crippen molar-refractivity contribution in [3.05, 3.63) is 0 Å². The fraction of sp³-hybridized carbons (Fsp3) is 0.889. The van der Waals surface area contributed by atoms with Crippen molar-refractivity contribution in [1.82, 2.24) is 0 Å². The zero-order valence-electron chi connectivity index (χ0n) is 7.83. The van der Waals surface area contributed by atoms with Gasteiger partial charge in [0.2, 0.25) is 5.91 Å². The molecule has 0 aliphatic carbocycles. The van der Waals surface area contributed by atoms with E-state index in [0.29, 0.717) is 19.1 Å². The van der Waals surface area contributed by atoms with Crippen molar-refractivity contribution in [2.45, 2.75) is 31.8 Å². The molecule has 76 valence electrons. The molecular formula is C9H17NO2S. The number of thioether (sulfide) groups is 1. The fourth-order valence-corrected chi connectivity index (χ4v) is 2.40. The second kappa shape index (κ2) is 6.27. The highest BCUT2D eigenvalue weighted by molar-refractivity contribution is 7.99. The minimum atomic E-state index is -0.234. The summed E-state index contributed by atoms with van der Waals surface area (Å²) in [6.45, 7) is 0.679. The highest BCUT2D eigenvalue weighted by Crippen LogP contribution is 2.19. The van der Waals surface area contributed by atoms with Crippen LogP contribution in [0, 0.1) is 0 Å².